The van der Waals surface area contributed by atoms with Crippen molar-refractivity contribution < 1.29 is 14.3 Å². The summed E-state index contributed by atoms with van der Waals surface area (Å²) in [5, 5.41) is 3.31. The summed E-state index contributed by atoms with van der Waals surface area (Å²) in [6, 6.07) is 7.10. The van der Waals surface area contributed by atoms with Crippen LogP contribution in [0.25, 0.3) is 10.9 Å². The molecule has 1 aromatic heterocycles. The molecule has 1 amide bonds. The molecule has 0 bridgehead atoms. The minimum atomic E-state index is -0.210. The van der Waals surface area contributed by atoms with Crippen LogP contribution in [0.3, 0.4) is 0 Å². The van der Waals surface area contributed by atoms with Crippen LogP contribution < -0.4 is 10.9 Å². The monoisotopic (exact) mass is 345 g/mol. The van der Waals surface area contributed by atoms with Gasteiger partial charge in [-0.3, -0.25) is 14.2 Å². The van der Waals surface area contributed by atoms with Crippen LogP contribution in [-0.4, -0.2) is 47.9 Å². The molecule has 0 aliphatic carbocycles. The number of fused-ring (bicyclic) bond motifs is 1. The Labute approximate surface area is 146 Å². The Morgan fingerprint density at radius 3 is 3.12 bits per heavy atom. The van der Waals surface area contributed by atoms with Crippen molar-refractivity contribution >= 4 is 16.8 Å². The van der Waals surface area contributed by atoms with Gasteiger partial charge >= 0.3 is 0 Å². The molecule has 0 spiro atoms. The van der Waals surface area contributed by atoms with Gasteiger partial charge in [-0.2, -0.15) is 0 Å². The minimum Gasteiger partial charge on any atom is -0.379 e. The molecule has 0 radical (unpaired) electrons. The van der Waals surface area contributed by atoms with Crippen molar-refractivity contribution in [2.24, 2.45) is 0 Å². The molecular formula is C18H23N3O4. The normalized spacial score (nSPS) is 17.0. The summed E-state index contributed by atoms with van der Waals surface area (Å²) in [4.78, 5) is 28.5. The molecule has 1 atom stereocenters. The Kier molecular flexibility index (Phi) is 6.14. The van der Waals surface area contributed by atoms with Gasteiger partial charge in [0.15, 0.2) is 0 Å². The average molecular weight is 345 g/mol. The van der Waals surface area contributed by atoms with Gasteiger partial charge in [-0.1, -0.05) is 12.1 Å². The first kappa shape index (κ1) is 17.6. The molecule has 3 rings (SSSR count). The number of amides is 1. The van der Waals surface area contributed by atoms with Gasteiger partial charge in [0, 0.05) is 19.8 Å². The summed E-state index contributed by atoms with van der Waals surface area (Å²) in [7, 11) is 0. The van der Waals surface area contributed by atoms with Gasteiger partial charge < -0.3 is 14.8 Å². The van der Waals surface area contributed by atoms with Crippen LogP contribution in [0, 0.1) is 0 Å². The molecule has 1 N–H and O–H groups in total. The molecule has 1 unspecified atom stereocenters. The van der Waals surface area contributed by atoms with Gasteiger partial charge in [0.05, 0.1) is 29.9 Å². The van der Waals surface area contributed by atoms with Gasteiger partial charge in [-0.25, -0.2) is 4.98 Å². The highest BCUT2D eigenvalue weighted by molar-refractivity contribution is 5.78. The highest BCUT2D eigenvalue weighted by atomic mass is 16.5. The molecule has 0 saturated carbocycles. The van der Waals surface area contributed by atoms with Gasteiger partial charge in [-0.15, -0.1) is 0 Å². The van der Waals surface area contributed by atoms with E-state index < -0.39 is 0 Å². The quantitative estimate of drug-likeness (QED) is 0.725. The van der Waals surface area contributed by atoms with E-state index >= 15 is 0 Å². The average Bonchev–Trinajstić information content (AvgIpc) is 3.14. The van der Waals surface area contributed by atoms with Crippen LogP contribution in [0.5, 0.6) is 0 Å². The Morgan fingerprint density at radius 1 is 1.40 bits per heavy atom. The van der Waals surface area contributed by atoms with Crippen LogP contribution >= 0.6 is 0 Å². The molecule has 134 valence electrons. The first-order valence-corrected chi connectivity index (χ1v) is 8.64. The maximum absolute atomic E-state index is 12.3. The first-order chi connectivity index (χ1) is 12.2. The molecular weight excluding hydrogens is 322 g/mol. The number of ether oxygens (including phenoxy) is 2. The Hall–Kier alpha value is -2.25. The van der Waals surface area contributed by atoms with E-state index in [2.05, 4.69) is 10.3 Å². The lowest BCUT2D eigenvalue weighted by molar-refractivity contribution is -0.121. The fourth-order valence-electron chi connectivity index (χ4n) is 2.82. The van der Waals surface area contributed by atoms with Crippen molar-refractivity contribution in [1.82, 2.24) is 14.9 Å². The number of hydrogen-bond donors (Lipinski definition) is 1. The van der Waals surface area contributed by atoms with E-state index in [4.69, 9.17) is 9.47 Å². The van der Waals surface area contributed by atoms with Crippen LogP contribution in [0.2, 0.25) is 0 Å². The van der Waals surface area contributed by atoms with Gasteiger partial charge in [0.25, 0.3) is 5.56 Å². The summed E-state index contributed by atoms with van der Waals surface area (Å²) in [6.07, 6.45) is 4.53. The number of carbonyl (C=O) groups excluding carboxylic acids is 1. The van der Waals surface area contributed by atoms with Crippen molar-refractivity contribution in [3.8, 4) is 0 Å². The van der Waals surface area contributed by atoms with Crippen molar-refractivity contribution in [1.29, 1.82) is 0 Å². The number of carbonyl (C=O) groups is 1. The van der Waals surface area contributed by atoms with Gasteiger partial charge in [0.1, 0.15) is 6.54 Å². The maximum atomic E-state index is 12.3. The highest BCUT2D eigenvalue weighted by Gasteiger charge is 2.15. The number of benzene rings is 1. The summed E-state index contributed by atoms with van der Waals surface area (Å²) >= 11 is 0. The fourth-order valence-corrected chi connectivity index (χ4v) is 2.82. The van der Waals surface area contributed by atoms with Crippen molar-refractivity contribution in [3.63, 3.8) is 0 Å². The number of para-hydroxylation sites is 1. The topological polar surface area (TPSA) is 82.5 Å². The third kappa shape index (κ3) is 4.87. The van der Waals surface area contributed by atoms with E-state index in [0.29, 0.717) is 30.7 Å². The molecule has 2 aromatic rings. The standard InChI is InChI=1S/C18H23N3O4/c22-17(19-8-4-9-24-12-14-5-3-10-25-14)11-21-13-20-16-7-2-1-6-15(16)18(21)23/h1-2,6-7,13-14H,3-5,8-12H2,(H,19,22). The van der Waals surface area contributed by atoms with Gasteiger partial charge in [0.2, 0.25) is 5.91 Å². The molecule has 1 saturated heterocycles. The molecule has 1 aliphatic rings. The predicted octanol–water partition coefficient (Wildman–Crippen LogP) is 1.10. The van der Waals surface area contributed by atoms with E-state index in [1.165, 1.54) is 10.9 Å². The SMILES string of the molecule is O=C(Cn1cnc2ccccc2c1=O)NCCCOCC1CCCO1. The van der Waals surface area contributed by atoms with Crippen LogP contribution in [0.1, 0.15) is 19.3 Å². The molecule has 2 heterocycles. The summed E-state index contributed by atoms with van der Waals surface area (Å²) in [5.74, 6) is -0.210. The molecule has 1 fully saturated rings. The summed E-state index contributed by atoms with van der Waals surface area (Å²) in [6.45, 7) is 2.50. The van der Waals surface area contributed by atoms with Crippen LogP contribution in [0.4, 0.5) is 0 Å². The number of rotatable bonds is 8. The Bertz CT molecular complexity index is 768. The van der Waals surface area contributed by atoms with E-state index in [-0.39, 0.29) is 24.1 Å². The Balaban J connectivity index is 1.39. The summed E-state index contributed by atoms with van der Waals surface area (Å²) in [5.41, 5.74) is 0.424. The third-order valence-electron chi connectivity index (χ3n) is 4.16. The highest BCUT2D eigenvalue weighted by Crippen LogP contribution is 2.11. The van der Waals surface area contributed by atoms with Crippen molar-refractivity contribution in [3.05, 3.63) is 40.9 Å². The lowest BCUT2D eigenvalue weighted by Gasteiger charge is -2.10. The second kappa shape index (κ2) is 8.73. The molecule has 1 aliphatic heterocycles. The number of nitrogens with zero attached hydrogens (tertiary/aromatic N) is 2. The minimum absolute atomic E-state index is 0.0343. The number of hydrogen-bond acceptors (Lipinski definition) is 5. The maximum Gasteiger partial charge on any atom is 0.261 e. The summed E-state index contributed by atoms with van der Waals surface area (Å²) < 4.78 is 12.3. The van der Waals surface area contributed by atoms with E-state index in [0.717, 1.165) is 25.9 Å². The van der Waals surface area contributed by atoms with E-state index in [1.54, 1.807) is 18.2 Å². The molecule has 1 aromatic carbocycles. The van der Waals surface area contributed by atoms with Crippen LogP contribution in [-0.2, 0) is 20.8 Å². The van der Waals surface area contributed by atoms with E-state index in [9.17, 15) is 9.59 Å². The molecule has 25 heavy (non-hydrogen) atoms. The predicted molar refractivity (Wildman–Crippen MR) is 93.4 cm³/mol. The smallest absolute Gasteiger partial charge is 0.261 e. The third-order valence-corrected chi connectivity index (χ3v) is 4.16. The zero-order chi connectivity index (χ0) is 17.5. The fraction of sp³-hybridized carbons (Fsp3) is 0.500. The second-order valence-electron chi connectivity index (χ2n) is 6.11. The first-order valence-electron chi connectivity index (χ1n) is 8.64. The molecule has 7 nitrogen and oxygen atoms in total. The van der Waals surface area contributed by atoms with Gasteiger partial charge in [-0.05, 0) is 31.4 Å². The number of aromatic nitrogens is 2. The second-order valence-corrected chi connectivity index (χ2v) is 6.11. The lowest BCUT2D eigenvalue weighted by atomic mass is 10.2. The molecule has 7 heteroatoms. The lowest BCUT2D eigenvalue weighted by Crippen LogP contribution is -2.33. The zero-order valence-corrected chi connectivity index (χ0v) is 14.1. The van der Waals surface area contributed by atoms with Crippen molar-refractivity contribution in [2.75, 3.05) is 26.4 Å². The zero-order valence-electron chi connectivity index (χ0n) is 14.1. The largest absolute Gasteiger partial charge is 0.379 e. The van der Waals surface area contributed by atoms with Crippen molar-refractivity contribution in [2.45, 2.75) is 31.9 Å². The Morgan fingerprint density at radius 2 is 2.28 bits per heavy atom. The van der Waals surface area contributed by atoms with Crippen LogP contribution in [0.15, 0.2) is 35.4 Å². The number of nitrogens with one attached hydrogen (secondary N) is 1. The van der Waals surface area contributed by atoms with E-state index in [1.807, 2.05) is 6.07 Å².